The summed E-state index contributed by atoms with van der Waals surface area (Å²) in [5.74, 6) is 0. The number of hydrogen-bond acceptors (Lipinski definition) is 0. The Hall–Kier alpha value is -1.60. The van der Waals surface area contributed by atoms with Gasteiger partial charge in [-0.3, -0.25) is 0 Å². The summed E-state index contributed by atoms with van der Waals surface area (Å²) in [6.45, 7) is 6.40. The maximum absolute atomic E-state index is 4.01. The van der Waals surface area contributed by atoms with Crippen molar-refractivity contribution in [3.8, 4) is 11.1 Å². The lowest BCUT2D eigenvalue weighted by atomic mass is 10.1. The number of benzene rings is 2. The molecule has 0 nitrogen and oxygen atoms in total. The standard InChI is InChI=1S/C16H16Si/c1-3-17(2)16-14-10-6-4-8-12(14)13-9-5-7-11-15(13)16/h3-11,16-17H,1H2,2H3. The van der Waals surface area contributed by atoms with Crippen molar-refractivity contribution in [2.75, 3.05) is 0 Å². The van der Waals surface area contributed by atoms with Crippen LogP contribution in [-0.2, 0) is 0 Å². The zero-order chi connectivity index (χ0) is 11.8. The van der Waals surface area contributed by atoms with E-state index in [0.717, 1.165) is 0 Å². The molecule has 2 aromatic rings. The van der Waals surface area contributed by atoms with Crippen molar-refractivity contribution in [3.05, 3.63) is 71.9 Å². The fourth-order valence-corrected chi connectivity index (χ4v) is 4.88. The largest absolute Gasteiger partial charge is 0.107 e. The second kappa shape index (κ2) is 4.01. The van der Waals surface area contributed by atoms with Crippen molar-refractivity contribution < 1.29 is 0 Å². The Balaban J connectivity index is 2.27. The quantitative estimate of drug-likeness (QED) is 0.693. The first kappa shape index (κ1) is 10.5. The predicted molar refractivity (Wildman–Crippen MR) is 76.9 cm³/mol. The van der Waals surface area contributed by atoms with Crippen LogP contribution in [0.4, 0.5) is 0 Å². The van der Waals surface area contributed by atoms with Crippen molar-refractivity contribution in [2.24, 2.45) is 0 Å². The normalized spacial score (nSPS) is 15.1. The predicted octanol–water partition coefficient (Wildman–Crippen LogP) is 3.92. The molecule has 1 heteroatoms. The van der Waals surface area contributed by atoms with Crippen LogP contribution in [0.2, 0.25) is 6.55 Å². The summed E-state index contributed by atoms with van der Waals surface area (Å²) in [6.07, 6.45) is 0. The molecule has 0 fully saturated rings. The van der Waals surface area contributed by atoms with E-state index in [1.165, 1.54) is 22.3 Å². The molecule has 1 atom stereocenters. The number of hydrogen-bond donors (Lipinski definition) is 0. The summed E-state index contributed by atoms with van der Waals surface area (Å²) in [6, 6.07) is 17.6. The molecule has 0 N–H and O–H groups in total. The van der Waals surface area contributed by atoms with E-state index in [-0.39, 0.29) is 0 Å². The van der Waals surface area contributed by atoms with E-state index in [2.05, 4.69) is 67.4 Å². The lowest BCUT2D eigenvalue weighted by Gasteiger charge is -2.17. The van der Waals surface area contributed by atoms with Gasteiger partial charge in [0.05, 0.1) is 8.80 Å². The average molecular weight is 236 g/mol. The van der Waals surface area contributed by atoms with Gasteiger partial charge in [0, 0.05) is 5.54 Å². The highest BCUT2D eigenvalue weighted by molar-refractivity contribution is 6.65. The zero-order valence-electron chi connectivity index (χ0n) is 10.1. The van der Waals surface area contributed by atoms with Gasteiger partial charge in [-0.25, -0.2) is 0 Å². The fraction of sp³-hybridized carbons (Fsp3) is 0.125. The molecule has 1 unspecified atom stereocenters. The van der Waals surface area contributed by atoms with Crippen LogP contribution in [0.15, 0.2) is 60.8 Å². The van der Waals surface area contributed by atoms with Crippen LogP contribution in [-0.4, -0.2) is 8.80 Å². The molecule has 0 heterocycles. The first-order chi connectivity index (χ1) is 8.33. The maximum Gasteiger partial charge on any atom is 0.0703 e. The summed E-state index contributed by atoms with van der Waals surface area (Å²) in [5, 5.41) is 0. The Kier molecular flexibility index (Phi) is 2.48. The highest BCUT2D eigenvalue weighted by Gasteiger charge is 2.30. The topological polar surface area (TPSA) is 0 Å². The summed E-state index contributed by atoms with van der Waals surface area (Å²) >= 11 is 0. The minimum absolute atomic E-state index is 0.611. The molecule has 0 radical (unpaired) electrons. The second-order valence-corrected chi connectivity index (χ2v) is 7.60. The lowest BCUT2D eigenvalue weighted by molar-refractivity contribution is 1.16. The van der Waals surface area contributed by atoms with E-state index >= 15 is 0 Å². The van der Waals surface area contributed by atoms with Gasteiger partial charge in [-0.2, -0.15) is 0 Å². The lowest BCUT2D eigenvalue weighted by Crippen LogP contribution is -2.16. The number of rotatable bonds is 2. The molecule has 17 heavy (non-hydrogen) atoms. The van der Waals surface area contributed by atoms with Crippen LogP contribution in [0.3, 0.4) is 0 Å². The monoisotopic (exact) mass is 236 g/mol. The van der Waals surface area contributed by atoms with Gasteiger partial charge in [0.25, 0.3) is 0 Å². The molecular formula is C16H16Si. The SMILES string of the molecule is C=C[SiH](C)C1c2ccccc2-c2ccccc21. The van der Waals surface area contributed by atoms with Crippen LogP contribution in [0.1, 0.15) is 16.7 Å². The molecule has 2 aromatic carbocycles. The third-order valence-electron chi connectivity index (χ3n) is 3.78. The summed E-state index contributed by atoms with van der Waals surface area (Å²) in [7, 11) is -0.944. The minimum atomic E-state index is -0.944. The summed E-state index contributed by atoms with van der Waals surface area (Å²) in [4.78, 5) is 0. The highest BCUT2D eigenvalue weighted by atomic mass is 28.3. The smallest absolute Gasteiger partial charge is 0.0703 e. The van der Waals surface area contributed by atoms with Gasteiger partial charge in [-0.15, -0.1) is 12.3 Å². The van der Waals surface area contributed by atoms with E-state index in [4.69, 9.17) is 0 Å². The van der Waals surface area contributed by atoms with Crippen LogP contribution >= 0.6 is 0 Å². The van der Waals surface area contributed by atoms with Crippen molar-refractivity contribution in [3.63, 3.8) is 0 Å². The Morgan fingerprint density at radius 1 is 0.941 bits per heavy atom. The van der Waals surface area contributed by atoms with Gasteiger partial charge in [0.15, 0.2) is 0 Å². The van der Waals surface area contributed by atoms with Gasteiger partial charge in [-0.1, -0.05) is 55.1 Å². The van der Waals surface area contributed by atoms with E-state index in [1.807, 2.05) is 0 Å². The Bertz CT molecular complexity index is 526. The molecule has 1 aliphatic carbocycles. The van der Waals surface area contributed by atoms with Crippen molar-refractivity contribution in [1.29, 1.82) is 0 Å². The van der Waals surface area contributed by atoms with Gasteiger partial charge >= 0.3 is 0 Å². The Morgan fingerprint density at radius 3 is 1.88 bits per heavy atom. The molecular weight excluding hydrogens is 220 g/mol. The molecule has 0 amide bonds. The zero-order valence-corrected chi connectivity index (χ0v) is 11.2. The van der Waals surface area contributed by atoms with Gasteiger partial charge < -0.3 is 0 Å². The van der Waals surface area contributed by atoms with E-state index in [9.17, 15) is 0 Å². The van der Waals surface area contributed by atoms with Crippen LogP contribution < -0.4 is 0 Å². The highest BCUT2D eigenvalue weighted by Crippen LogP contribution is 2.45. The van der Waals surface area contributed by atoms with Crippen molar-refractivity contribution in [1.82, 2.24) is 0 Å². The molecule has 3 rings (SSSR count). The van der Waals surface area contributed by atoms with Crippen LogP contribution in [0.25, 0.3) is 11.1 Å². The second-order valence-electron chi connectivity index (χ2n) is 4.75. The first-order valence-electron chi connectivity index (χ1n) is 6.13. The van der Waals surface area contributed by atoms with E-state index in [1.54, 1.807) is 0 Å². The molecule has 0 spiro atoms. The first-order valence-corrected chi connectivity index (χ1v) is 8.62. The third kappa shape index (κ3) is 1.50. The molecule has 0 saturated heterocycles. The molecule has 0 aromatic heterocycles. The Morgan fingerprint density at radius 2 is 1.41 bits per heavy atom. The molecule has 0 aliphatic heterocycles. The van der Waals surface area contributed by atoms with Crippen LogP contribution in [0, 0.1) is 0 Å². The number of fused-ring (bicyclic) bond motifs is 3. The molecule has 0 bridgehead atoms. The summed E-state index contributed by atoms with van der Waals surface area (Å²) in [5.41, 5.74) is 8.67. The van der Waals surface area contributed by atoms with Gasteiger partial charge in [-0.05, 0) is 22.3 Å². The Labute approximate surface area is 104 Å². The van der Waals surface area contributed by atoms with E-state index in [0.29, 0.717) is 5.54 Å². The minimum Gasteiger partial charge on any atom is -0.107 e. The van der Waals surface area contributed by atoms with Gasteiger partial charge in [0.2, 0.25) is 0 Å². The fourth-order valence-electron chi connectivity index (χ4n) is 2.90. The summed E-state index contributed by atoms with van der Waals surface area (Å²) < 4.78 is 0. The third-order valence-corrected chi connectivity index (χ3v) is 6.29. The molecule has 84 valence electrons. The van der Waals surface area contributed by atoms with Crippen molar-refractivity contribution >= 4 is 8.80 Å². The maximum atomic E-state index is 4.01. The van der Waals surface area contributed by atoms with E-state index < -0.39 is 8.80 Å². The van der Waals surface area contributed by atoms with Gasteiger partial charge in [0.1, 0.15) is 0 Å². The molecule has 1 aliphatic rings. The van der Waals surface area contributed by atoms with Crippen molar-refractivity contribution in [2.45, 2.75) is 12.1 Å². The molecule has 0 saturated carbocycles. The van der Waals surface area contributed by atoms with Crippen LogP contribution in [0.5, 0.6) is 0 Å². The average Bonchev–Trinajstić information content (AvgIpc) is 2.72.